The van der Waals surface area contributed by atoms with Crippen molar-refractivity contribution in [2.75, 3.05) is 36.0 Å². The van der Waals surface area contributed by atoms with E-state index in [0.717, 1.165) is 0 Å². The molecule has 1 N–H and O–H groups in total. The van der Waals surface area contributed by atoms with Crippen LogP contribution in [0, 0.1) is 20.2 Å². The van der Waals surface area contributed by atoms with Gasteiger partial charge in [-0.1, -0.05) is 12.1 Å². The number of aromatic hydroxyl groups is 1. The lowest BCUT2D eigenvalue weighted by Crippen LogP contribution is -2.47. The van der Waals surface area contributed by atoms with Gasteiger partial charge in [-0.25, -0.2) is 0 Å². The normalized spacial score (nSPS) is 14.7. The van der Waals surface area contributed by atoms with E-state index in [2.05, 4.69) is 0 Å². The summed E-state index contributed by atoms with van der Waals surface area (Å²) >= 11 is 0. The fraction of sp³-hybridized carbons (Fsp3) is 0.294. The van der Waals surface area contributed by atoms with Crippen molar-refractivity contribution in [3.8, 4) is 5.75 Å². The van der Waals surface area contributed by atoms with Crippen LogP contribution in [0.15, 0.2) is 36.4 Å². The number of rotatable bonds is 4. The van der Waals surface area contributed by atoms with Crippen molar-refractivity contribution in [2.45, 2.75) is 6.18 Å². The molecule has 154 valence electrons. The third-order valence-corrected chi connectivity index (χ3v) is 4.61. The fourth-order valence-corrected chi connectivity index (χ4v) is 3.27. The molecule has 0 saturated carbocycles. The van der Waals surface area contributed by atoms with E-state index in [1.165, 1.54) is 11.0 Å². The molecule has 3 rings (SSSR count). The number of halogens is 3. The van der Waals surface area contributed by atoms with Crippen molar-refractivity contribution < 1.29 is 28.1 Å². The number of piperazine rings is 1. The number of phenols is 1. The number of benzene rings is 2. The molecule has 0 spiro atoms. The van der Waals surface area contributed by atoms with Crippen molar-refractivity contribution in [2.24, 2.45) is 0 Å². The number of anilines is 2. The Balaban J connectivity index is 1.97. The minimum atomic E-state index is -4.96. The first kappa shape index (κ1) is 20.2. The summed E-state index contributed by atoms with van der Waals surface area (Å²) < 4.78 is 39.1. The molecule has 29 heavy (non-hydrogen) atoms. The van der Waals surface area contributed by atoms with Crippen molar-refractivity contribution in [3.05, 3.63) is 62.2 Å². The van der Waals surface area contributed by atoms with Crippen LogP contribution in [-0.4, -0.2) is 41.1 Å². The van der Waals surface area contributed by atoms with E-state index in [0.29, 0.717) is 17.8 Å². The van der Waals surface area contributed by atoms with Gasteiger partial charge >= 0.3 is 6.18 Å². The van der Waals surface area contributed by atoms with E-state index in [9.17, 15) is 38.5 Å². The van der Waals surface area contributed by atoms with Crippen molar-refractivity contribution in [1.29, 1.82) is 0 Å². The summed E-state index contributed by atoms with van der Waals surface area (Å²) in [5.41, 5.74) is -3.31. The van der Waals surface area contributed by atoms with Crippen LogP contribution in [-0.2, 0) is 6.18 Å². The average Bonchev–Trinajstić information content (AvgIpc) is 2.66. The Kier molecular flexibility index (Phi) is 5.18. The summed E-state index contributed by atoms with van der Waals surface area (Å²) in [5.74, 6) is 0.0347. The highest BCUT2D eigenvalue weighted by molar-refractivity contribution is 5.77. The summed E-state index contributed by atoms with van der Waals surface area (Å²) in [6.07, 6.45) is -4.96. The third-order valence-electron chi connectivity index (χ3n) is 4.61. The van der Waals surface area contributed by atoms with E-state index < -0.39 is 38.6 Å². The molecule has 0 unspecified atom stereocenters. The molecule has 1 saturated heterocycles. The first-order valence-electron chi connectivity index (χ1n) is 8.41. The van der Waals surface area contributed by atoms with Crippen molar-refractivity contribution >= 4 is 22.7 Å². The van der Waals surface area contributed by atoms with Gasteiger partial charge in [0.05, 0.1) is 21.1 Å². The van der Waals surface area contributed by atoms with Gasteiger partial charge in [0, 0.05) is 38.3 Å². The largest absolute Gasteiger partial charge is 0.506 e. The van der Waals surface area contributed by atoms with Gasteiger partial charge in [0.25, 0.3) is 11.4 Å². The topological polar surface area (TPSA) is 113 Å². The second-order valence-electron chi connectivity index (χ2n) is 6.34. The first-order chi connectivity index (χ1) is 13.6. The van der Waals surface area contributed by atoms with E-state index >= 15 is 0 Å². The smallest absolute Gasteiger partial charge is 0.416 e. The molecule has 0 radical (unpaired) electrons. The van der Waals surface area contributed by atoms with Gasteiger partial charge in [-0.2, -0.15) is 13.2 Å². The maximum atomic E-state index is 13.0. The lowest BCUT2D eigenvalue weighted by Gasteiger charge is -2.37. The van der Waals surface area contributed by atoms with E-state index in [-0.39, 0.29) is 31.9 Å². The standard InChI is InChI=1S/C17H15F3N4O5/c18-17(19,20)11-9-13(23(26)27)16(14(10-11)24(28)29)22-7-5-21(6-8-22)12-3-1-2-4-15(12)25/h1-4,9-10,25H,5-8H2. The van der Waals surface area contributed by atoms with E-state index in [4.69, 9.17) is 0 Å². The van der Waals surface area contributed by atoms with Crippen molar-refractivity contribution in [3.63, 3.8) is 0 Å². The van der Waals surface area contributed by atoms with Crippen LogP contribution in [0.3, 0.4) is 0 Å². The molecule has 0 amide bonds. The zero-order valence-corrected chi connectivity index (χ0v) is 14.8. The third kappa shape index (κ3) is 4.00. The number of alkyl halides is 3. The van der Waals surface area contributed by atoms with Gasteiger partial charge in [0.2, 0.25) is 0 Å². The number of hydrogen-bond donors (Lipinski definition) is 1. The van der Waals surface area contributed by atoms with Crippen LogP contribution in [0.2, 0.25) is 0 Å². The predicted molar refractivity (Wildman–Crippen MR) is 97.3 cm³/mol. The summed E-state index contributed by atoms with van der Waals surface area (Å²) in [4.78, 5) is 23.8. The molecule has 1 aliphatic rings. The quantitative estimate of drug-likeness (QED) is 0.603. The minimum absolute atomic E-state index is 0.0347. The van der Waals surface area contributed by atoms with Crippen LogP contribution in [0.1, 0.15) is 5.56 Å². The van der Waals surface area contributed by atoms with E-state index in [1.54, 1.807) is 23.1 Å². The average molecular weight is 412 g/mol. The van der Waals surface area contributed by atoms with Crippen LogP contribution in [0.5, 0.6) is 5.75 Å². The molecule has 9 nitrogen and oxygen atoms in total. The second kappa shape index (κ2) is 7.45. The van der Waals surface area contributed by atoms with Crippen LogP contribution >= 0.6 is 0 Å². The number of para-hydroxylation sites is 2. The highest BCUT2D eigenvalue weighted by atomic mass is 19.4. The Morgan fingerprint density at radius 1 is 0.897 bits per heavy atom. The highest BCUT2D eigenvalue weighted by Gasteiger charge is 2.39. The summed E-state index contributed by atoms with van der Waals surface area (Å²) in [6.45, 7) is 0.683. The molecule has 1 aliphatic heterocycles. The van der Waals surface area contributed by atoms with Crippen LogP contribution in [0.4, 0.5) is 35.9 Å². The van der Waals surface area contributed by atoms with Gasteiger partial charge in [0.15, 0.2) is 5.69 Å². The van der Waals surface area contributed by atoms with Gasteiger partial charge in [0.1, 0.15) is 5.75 Å². The summed E-state index contributed by atoms with van der Waals surface area (Å²) in [6, 6.07) is 7.16. The molecule has 0 bridgehead atoms. The zero-order valence-electron chi connectivity index (χ0n) is 14.8. The molecule has 1 fully saturated rings. The Hall–Kier alpha value is -3.57. The Morgan fingerprint density at radius 2 is 1.38 bits per heavy atom. The number of nitro benzene ring substituents is 2. The Bertz CT molecular complexity index is 923. The zero-order chi connectivity index (χ0) is 21.3. The monoisotopic (exact) mass is 412 g/mol. The lowest BCUT2D eigenvalue weighted by molar-refractivity contribution is -0.393. The number of nitrogens with zero attached hydrogens (tertiary/aromatic N) is 4. The van der Waals surface area contributed by atoms with Crippen molar-refractivity contribution in [1.82, 2.24) is 0 Å². The molecule has 0 aliphatic carbocycles. The SMILES string of the molecule is O=[N+]([O-])c1cc(C(F)(F)F)cc([N+](=O)[O-])c1N1CCN(c2ccccc2O)CC1. The molecule has 2 aromatic rings. The lowest BCUT2D eigenvalue weighted by atomic mass is 10.1. The summed E-state index contributed by atoms with van der Waals surface area (Å²) in [5, 5.41) is 32.7. The Morgan fingerprint density at radius 3 is 1.83 bits per heavy atom. The number of nitro groups is 2. The molecular formula is C17H15F3N4O5. The van der Waals surface area contributed by atoms with E-state index in [1.807, 2.05) is 0 Å². The molecular weight excluding hydrogens is 397 g/mol. The molecule has 2 aromatic carbocycles. The number of phenolic OH excluding ortho intramolecular Hbond substituents is 1. The van der Waals surface area contributed by atoms with Gasteiger partial charge in [-0.05, 0) is 12.1 Å². The second-order valence-corrected chi connectivity index (χ2v) is 6.34. The maximum Gasteiger partial charge on any atom is 0.416 e. The van der Waals surface area contributed by atoms with Gasteiger partial charge in [-0.3, -0.25) is 20.2 Å². The molecule has 0 atom stereocenters. The maximum absolute atomic E-state index is 13.0. The predicted octanol–water partition coefficient (Wildman–Crippen LogP) is 3.55. The first-order valence-corrected chi connectivity index (χ1v) is 8.41. The highest BCUT2D eigenvalue weighted by Crippen LogP contribution is 2.43. The minimum Gasteiger partial charge on any atom is -0.506 e. The fourth-order valence-electron chi connectivity index (χ4n) is 3.27. The number of hydrogen-bond acceptors (Lipinski definition) is 7. The van der Waals surface area contributed by atoms with Gasteiger partial charge < -0.3 is 14.9 Å². The molecule has 12 heteroatoms. The van der Waals surface area contributed by atoms with Crippen LogP contribution in [0.25, 0.3) is 0 Å². The Labute approximate surface area is 161 Å². The van der Waals surface area contributed by atoms with Crippen LogP contribution < -0.4 is 9.80 Å². The van der Waals surface area contributed by atoms with Gasteiger partial charge in [-0.15, -0.1) is 0 Å². The molecule has 1 heterocycles. The molecule has 0 aromatic heterocycles. The summed E-state index contributed by atoms with van der Waals surface area (Å²) in [7, 11) is 0.